The fraction of sp³-hybridized carbons (Fsp3) is 0.438. The van der Waals surface area contributed by atoms with Crippen LogP contribution in [0, 0.1) is 18.8 Å². The number of hydrogen-bond donors (Lipinski definition) is 1. The molecule has 1 aromatic rings. The highest BCUT2D eigenvalue weighted by Crippen LogP contribution is 2.14. The lowest BCUT2D eigenvalue weighted by molar-refractivity contribution is 0.0757. The van der Waals surface area contributed by atoms with Crippen LogP contribution in [-0.4, -0.2) is 47.6 Å². The molecule has 0 heterocycles. The molecule has 1 atom stereocenters. The van der Waals surface area contributed by atoms with Crippen LogP contribution < -0.4 is 0 Å². The molecule has 108 valence electrons. The molecule has 20 heavy (non-hydrogen) atoms. The first kappa shape index (κ1) is 16.6. The number of carbonyl (C=O) groups excluding carboxylic acids is 1. The Morgan fingerprint density at radius 2 is 2.20 bits per heavy atom. The molecule has 0 fully saturated rings. The van der Waals surface area contributed by atoms with Gasteiger partial charge in [0.25, 0.3) is 5.91 Å². The molecule has 0 aliphatic heterocycles. The number of amides is 1. The molecule has 3 nitrogen and oxygen atoms in total. The fourth-order valence-corrected chi connectivity index (χ4v) is 2.49. The summed E-state index contributed by atoms with van der Waals surface area (Å²) in [5, 5.41) is 8.77. The van der Waals surface area contributed by atoms with Crippen molar-refractivity contribution in [2.24, 2.45) is 0 Å². The molecule has 0 aromatic heterocycles. The number of rotatable bonds is 4. The van der Waals surface area contributed by atoms with Crippen molar-refractivity contribution in [3.8, 4) is 11.8 Å². The highest BCUT2D eigenvalue weighted by Gasteiger charge is 2.17. The van der Waals surface area contributed by atoms with Crippen LogP contribution in [0.15, 0.2) is 18.2 Å². The van der Waals surface area contributed by atoms with Crippen molar-refractivity contribution in [1.29, 1.82) is 0 Å². The van der Waals surface area contributed by atoms with Crippen LogP contribution in [0.4, 0.5) is 0 Å². The van der Waals surface area contributed by atoms with Gasteiger partial charge in [0.05, 0.1) is 0 Å². The van der Waals surface area contributed by atoms with Crippen LogP contribution in [0.1, 0.15) is 28.4 Å². The molecule has 1 N–H and O–H groups in total. The third kappa shape index (κ3) is 4.29. The maximum atomic E-state index is 12.4. The number of aliphatic hydroxyl groups excluding tert-OH is 1. The number of thioether (sulfide) groups is 1. The van der Waals surface area contributed by atoms with E-state index in [0.29, 0.717) is 5.56 Å². The number of aryl methyl sites for hydroxylation is 1. The first-order chi connectivity index (χ1) is 9.51. The molecular weight excluding hydrogens is 270 g/mol. The van der Waals surface area contributed by atoms with Crippen molar-refractivity contribution in [3.63, 3.8) is 0 Å². The van der Waals surface area contributed by atoms with Gasteiger partial charge in [-0.3, -0.25) is 4.79 Å². The quantitative estimate of drug-likeness (QED) is 0.864. The largest absolute Gasteiger partial charge is 0.384 e. The van der Waals surface area contributed by atoms with Crippen LogP contribution in [0.2, 0.25) is 0 Å². The Labute approximate surface area is 125 Å². The average Bonchev–Trinajstić information content (AvgIpc) is 2.45. The minimum Gasteiger partial charge on any atom is -0.384 e. The maximum Gasteiger partial charge on any atom is 0.253 e. The summed E-state index contributed by atoms with van der Waals surface area (Å²) in [6.07, 6.45) is 2.03. The second kappa shape index (κ2) is 7.98. The molecule has 1 rings (SSSR count). The fourth-order valence-electron chi connectivity index (χ4n) is 1.78. The van der Waals surface area contributed by atoms with Gasteiger partial charge in [-0.1, -0.05) is 17.9 Å². The molecule has 1 unspecified atom stereocenters. The number of carbonyl (C=O) groups is 1. The SMILES string of the molecule is CSCC(C)N(C)C(=O)c1ccc(C)c(C#CCO)c1. The predicted octanol–water partition coefficient (Wildman–Crippen LogP) is 2.16. The number of aliphatic hydroxyl groups is 1. The molecule has 4 heteroatoms. The zero-order valence-electron chi connectivity index (χ0n) is 12.4. The Hall–Kier alpha value is -1.44. The standard InChI is InChI=1S/C16H21NO2S/c1-12-7-8-15(10-14(12)6-5-9-18)16(19)17(3)13(2)11-20-4/h7-8,10,13,18H,9,11H2,1-4H3. The zero-order chi connectivity index (χ0) is 15.1. The number of hydrogen-bond acceptors (Lipinski definition) is 3. The normalized spacial score (nSPS) is 11.4. The molecule has 0 bridgehead atoms. The van der Waals surface area contributed by atoms with Gasteiger partial charge in [-0.05, 0) is 37.8 Å². The average molecular weight is 291 g/mol. The molecule has 0 saturated carbocycles. The van der Waals surface area contributed by atoms with E-state index in [9.17, 15) is 4.79 Å². The Morgan fingerprint density at radius 1 is 1.50 bits per heavy atom. The second-order valence-electron chi connectivity index (χ2n) is 4.71. The lowest BCUT2D eigenvalue weighted by Gasteiger charge is -2.24. The summed E-state index contributed by atoms with van der Waals surface area (Å²) in [6, 6.07) is 5.69. The summed E-state index contributed by atoms with van der Waals surface area (Å²) in [7, 11) is 1.82. The Morgan fingerprint density at radius 3 is 2.80 bits per heavy atom. The van der Waals surface area contributed by atoms with Gasteiger partial charge in [-0.15, -0.1) is 0 Å². The molecule has 0 saturated heterocycles. The monoisotopic (exact) mass is 291 g/mol. The Balaban J connectivity index is 2.99. The summed E-state index contributed by atoms with van der Waals surface area (Å²) in [6.45, 7) is 3.80. The molecule has 0 aliphatic rings. The van der Waals surface area contributed by atoms with E-state index in [1.165, 1.54) is 0 Å². The first-order valence-corrected chi connectivity index (χ1v) is 7.87. The summed E-state index contributed by atoms with van der Waals surface area (Å²) < 4.78 is 0. The number of nitrogens with zero attached hydrogens (tertiary/aromatic N) is 1. The summed E-state index contributed by atoms with van der Waals surface area (Å²) in [5.41, 5.74) is 2.42. The van der Waals surface area contributed by atoms with E-state index in [1.54, 1.807) is 22.7 Å². The summed E-state index contributed by atoms with van der Waals surface area (Å²) in [5.74, 6) is 6.40. The van der Waals surface area contributed by atoms with Crippen molar-refractivity contribution in [2.45, 2.75) is 19.9 Å². The lowest BCUT2D eigenvalue weighted by Crippen LogP contribution is -2.36. The highest BCUT2D eigenvalue weighted by atomic mass is 32.2. The van der Waals surface area contributed by atoms with Gasteiger partial charge in [0.15, 0.2) is 0 Å². The predicted molar refractivity (Wildman–Crippen MR) is 85.1 cm³/mol. The lowest BCUT2D eigenvalue weighted by atomic mass is 10.0. The van der Waals surface area contributed by atoms with Gasteiger partial charge in [0.2, 0.25) is 0 Å². The van der Waals surface area contributed by atoms with Gasteiger partial charge < -0.3 is 10.0 Å². The third-order valence-corrected chi connectivity index (χ3v) is 3.99. The maximum absolute atomic E-state index is 12.4. The third-order valence-electron chi connectivity index (χ3n) is 3.18. The van der Waals surface area contributed by atoms with Crippen molar-refractivity contribution in [2.75, 3.05) is 25.7 Å². The van der Waals surface area contributed by atoms with Crippen molar-refractivity contribution < 1.29 is 9.90 Å². The molecule has 0 aliphatic carbocycles. The van der Waals surface area contributed by atoms with E-state index >= 15 is 0 Å². The van der Waals surface area contributed by atoms with Crippen molar-refractivity contribution in [1.82, 2.24) is 4.90 Å². The minimum absolute atomic E-state index is 0.00130. The second-order valence-corrected chi connectivity index (χ2v) is 5.62. The topological polar surface area (TPSA) is 40.5 Å². The molecular formula is C16H21NO2S. The first-order valence-electron chi connectivity index (χ1n) is 6.47. The van der Waals surface area contributed by atoms with Crippen molar-refractivity contribution >= 4 is 17.7 Å². The van der Waals surface area contributed by atoms with E-state index in [4.69, 9.17) is 5.11 Å². The molecule has 1 aromatic carbocycles. The van der Waals surface area contributed by atoms with Crippen LogP contribution in [0.25, 0.3) is 0 Å². The van der Waals surface area contributed by atoms with Gasteiger partial charge in [-0.2, -0.15) is 11.8 Å². The van der Waals surface area contributed by atoms with Gasteiger partial charge >= 0.3 is 0 Å². The molecule has 0 spiro atoms. The van der Waals surface area contributed by atoms with Crippen molar-refractivity contribution in [3.05, 3.63) is 34.9 Å². The minimum atomic E-state index is -0.178. The van der Waals surface area contributed by atoms with Crippen LogP contribution in [0.5, 0.6) is 0 Å². The Bertz CT molecular complexity index is 531. The zero-order valence-corrected chi connectivity index (χ0v) is 13.3. The smallest absolute Gasteiger partial charge is 0.253 e. The van der Waals surface area contributed by atoms with E-state index in [2.05, 4.69) is 11.8 Å². The van der Waals surface area contributed by atoms with E-state index in [1.807, 2.05) is 39.3 Å². The van der Waals surface area contributed by atoms with Crippen LogP contribution in [-0.2, 0) is 0 Å². The van der Waals surface area contributed by atoms with E-state index in [0.717, 1.165) is 16.9 Å². The summed E-state index contributed by atoms with van der Waals surface area (Å²) in [4.78, 5) is 14.2. The number of benzene rings is 1. The molecule has 1 amide bonds. The van der Waals surface area contributed by atoms with E-state index < -0.39 is 0 Å². The highest BCUT2D eigenvalue weighted by molar-refractivity contribution is 7.98. The van der Waals surface area contributed by atoms with Gasteiger partial charge in [0, 0.05) is 30.0 Å². The van der Waals surface area contributed by atoms with Crippen LogP contribution >= 0.6 is 11.8 Å². The van der Waals surface area contributed by atoms with Crippen LogP contribution in [0.3, 0.4) is 0 Å². The van der Waals surface area contributed by atoms with E-state index in [-0.39, 0.29) is 18.6 Å². The van der Waals surface area contributed by atoms with Gasteiger partial charge in [0.1, 0.15) is 6.61 Å². The Kier molecular flexibility index (Phi) is 6.63. The summed E-state index contributed by atoms with van der Waals surface area (Å²) >= 11 is 1.72. The molecule has 0 radical (unpaired) electrons. The van der Waals surface area contributed by atoms with Gasteiger partial charge in [-0.25, -0.2) is 0 Å².